The first-order chi connectivity index (χ1) is 14.6. The number of fused-ring (bicyclic) bond motifs is 1. The van der Waals surface area contributed by atoms with E-state index in [0.717, 1.165) is 11.1 Å². The number of carbonyl (C=O) groups excluding carboxylic acids is 1. The summed E-state index contributed by atoms with van der Waals surface area (Å²) in [6.45, 7) is 1.95. The van der Waals surface area contributed by atoms with Gasteiger partial charge in [-0.25, -0.2) is 19.3 Å². The van der Waals surface area contributed by atoms with Crippen LogP contribution in [0.1, 0.15) is 21.5 Å². The molecule has 0 aliphatic carbocycles. The van der Waals surface area contributed by atoms with E-state index >= 15 is 0 Å². The van der Waals surface area contributed by atoms with Gasteiger partial charge in [0.1, 0.15) is 5.82 Å². The average molecular weight is 417 g/mol. The summed E-state index contributed by atoms with van der Waals surface area (Å²) < 4.78 is 6.34. The smallest absolute Gasteiger partial charge is 0.337 e. The molecule has 0 radical (unpaired) electrons. The molecule has 0 saturated heterocycles. The number of esters is 1. The van der Waals surface area contributed by atoms with Gasteiger partial charge in [0.05, 0.1) is 23.6 Å². The van der Waals surface area contributed by atoms with Crippen molar-refractivity contribution in [3.63, 3.8) is 0 Å². The second-order valence-electron chi connectivity index (χ2n) is 6.72. The van der Waals surface area contributed by atoms with Crippen molar-refractivity contribution in [3.8, 4) is 5.82 Å². The predicted octanol–water partition coefficient (Wildman–Crippen LogP) is 4.17. The fourth-order valence-electron chi connectivity index (χ4n) is 3.11. The van der Waals surface area contributed by atoms with Crippen LogP contribution < -0.4 is 5.56 Å². The van der Waals surface area contributed by atoms with Crippen molar-refractivity contribution in [3.05, 3.63) is 93.9 Å². The lowest BCUT2D eigenvalue weighted by Crippen LogP contribution is -2.22. The molecule has 0 fully saturated rings. The summed E-state index contributed by atoms with van der Waals surface area (Å²) in [6, 6.07) is 18.3. The Morgan fingerprint density at radius 3 is 2.73 bits per heavy atom. The Morgan fingerprint density at radius 1 is 1.10 bits per heavy atom. The van der Waals surface area contributed by atoms with E-state index in [0.29, 0.717) is 33.2 Å². The fourth-order valence-corrected chi connectivity index (χ4v) is 4.05. The standard InChI is InChI=1S/C23H19N3O3S/c1-15-10-11-24-20(12-15)26-21(27)18-8-3-4-9-19(18)25-23(26)30-14-16-6-5-7-17(13-16)22(28)29-2/h3-13H,14H2,1-2H3. The van der Waals surface area contributed by atoms with E-state index in [4.69, 9.17) is 9.72 Å². The van der Waals surface area contributed by atoms with Crippen molar-refractivity contribution in [1.82, 2.24) is 14.5 Å². The maximum atomic E-state index is 13.3. The molecule has 0 atom stereocenters. The Kier molecular flexibility index (Phi) is 5.63. The largest absolute Gasteiger partial charge is 0.465 e. The molecule has 0 unspecified atom stereocenters. The highest BCUT2D eigenvalue weighted by Gasteiger charge is 2.15. The minimum atomic E-state index is -0.383. The molecule has 0 aliphatic rings. The van der Waals surface area contributed by atoms with Gasteiger partial charge in [-0.15, -0.1) is 0 Å². The molecule has 30 heavy (non-hydrogen) atoms. The molecule has 2 aromatic heterocycles. The summed E-state index contributed by atoms with van der Waals surface area (Å²) in [5, 5.41) is 1.08. The third-order valence-corrected chi connectivity index (χ3v) is 5.60. The number of methoxy groups -OCH3 is 1. The van der Waals surface area contributed by atoms with E-state index in [9.17, 15) is 9.59 Å². The molecule has 150 valence electrons. The molecule has 0 N–H and O–H groups in total. The first-order valence-corrected chi connectivity index (χ1v) is 10.3. The van der Waals surface area contributed by atoms with Crippen molar-refractivity contribution in [1.29, 1.82) is 0 Å². The normalized spacial score (nSPS) is 10.9. The van der Waals surface area contributed by atoms with E-state index in [1.54, 1.807) is 29.0 Å². The second kappa shape index (κ2) is 8.51. The van der Waals surface area contributed by atoms with Crippen molar-refractivity contribution in [2.75, 3.05) is 7.11 Å². The molecule has 0 spiro atoms. The zero-order valence-corrected chi connectivity index (χ0v) is 17.3. The van der Waals surface area contributed by atoms with Gasteiger partial charge in [0.25, 0.3) is 5.56 Å². The number of hydrogen-bond donors (Lipinski definition) is 0. The van der Waals surface area contributed by atoms with Crippen LogP contribution in [0.2, 0.25) is 0 Å². The van der Waals surface area contributed by atoms with Gasteiger partial charge in [-0.2, -0.15) is 0 Å². The lowest BCUT2D eigenvalue weighted by molar-refractivity contribution is 0.0600. The molecule has 4 rings (SSSR count). The van der Waals surface area contributed by atoms with E-state index in [-0.39, 0.29) is 11.5 Å². The molecule has 0 saturated carbocycles. The Balaban J connectivity index is 1.77. The van der Waals surface area contributed by atoms with Crippen LogP contribution in [0.15, 0.2) is 76.8 Å². The summed E-state index contributed by atoms with van der Waals surface area (Å²) >= 11 is 1.42. The number of pyridine rings is 1. The number of benzene rings is 2. The number of thioether (sulfide) groups is 1. The third kappa shape index (κ3) is 3.97. The van der Waals surface area contributed by atoms with Crippen LogP contribution in [-0.4, -0.2) is 27.6 Å². The maximum absolute atomic E-state index is 13.3. The van der Waals surface area contributed by atoms with E-state index < -0.39 is 0 Å². The van der Waals surface area contributed by atoms with Crippen molar-refractivity contribution in [2.24, 2.45) is 0 Å². The number of hydrogen-bond acceptors (Lipinski definition) is 6. The van der Waals surface area contributed by atoms with E-state index in [1.807, 2.05) is 49.4 Å². The van der Waals surface area contributed by atoms with Crippen LogP contribution in [0.3, 0.4) is 0 Å². The summed E-state index contributed by atoms with van der Waals surface area (Å²) in [6.07, 6.45) is 1.68. The van der Waals surface area contributed by atoms with Crippen LogP contribution in [0, 0.1) is 6.92 Å². The molecule has 6 nitrogen and oxygen atoms in total. The van der Waals surface area contributed by atoms with Gasteiger partial charge in [-0.1, -0.05) is 36.0 Å². The molecule has 2 aromatic carbocycles. The molecule has 0 amide bonds. The third-order valence-electron chi connectivity index (χ3n) is 4.59. The molecule has 2 heterocycles. The molecular formula is C23H19N3O3S. The average Bonchev–Trinajstić information content (AvgIpc) is 2.77. The van der Waals surface area contributed by atoms with Crippen LogP contribution in [0.25, 0.3) is 16.7 Å². The van der Waals surface area contributed by atoms with E-state index in [1.165, 1.54) is 18.9 Å². The monoisotopic (exact) mass is 417 g/mol. The molecule has 0 aliphatic heterocycles. The molecule has 4 aromatic rings. The first kappa shape index (κ1) is 19.8. The van der Waals surface area contributed by atoms with Gasteiger partial charge in [0, 0.05) is 11.9 Å². The Hall–Kier alpha value is -3.45. The zero-order valence-electron chi connectivity index (χ0n) is 16.5. The van der Waals surface area contributed by atoms with Gasteiger partial charge in [0.15, 0.2) is 5.16 Å². The summed E-state index contributed by atoms with van der Waals surface area (Å²) in [7, 11) is 1.36. The molecular weight excluding hydrogens is 398 g/mol. The highest BCUT2D eigenvalue weighted by molar-refractivity contribution is 7.98. The highest BCUT2D eigenvalue weighted by atomic mass is 32.2. The summed E-state index contributed by atoms with van der Waals surface area (Å²) in [4.78, 5) is 34.2. The second-order valence-corrected chi connectivity index (χ2v) is 7.67. The maximum Gasteiger partial charge on any atom is 0.337 e. The van der Waals surface area contributed by atoms with E-state index in [2.05, 4.69) is 4.98 Å². The van der Waals surface area contributed by atoms with Crippen LogP contribution in [0.4, 0.5) is 0 Å². The number of aromatic nitrogens is 3. The topological polar surface area (TPSA) is 74.1 Å². The number of rotatable bonds is 5. The van der Waals surface area contributed by atoms with Crippen LogP contribution in [-0.2, 0) is 10.5 Å². The number of ether oxygens (including phenoxy) is 1. The van der Waals surface area contributed by atoms with Gasteiger partial charge in [-0.3, -0.25) is 4.79 Å². The Labute approximate surface area is 177 Å². The van der Waals surface area contributed by atoms with Gasteiger partial charge in [0.2, 0.25) is 0 Å². The lowest BCUT2D eigenvalue weighted by Gasteiger charge is -2.13. The Morgan fingerprint density at radius 2 is 1.93 bits per heavy atom. The van der Waals surface area contributed by atoms with Gasteiger partial charge < -0.3 is 4.74 Å². The lowest BCUT2D eigenvalue weighted by atomic mass is 10.1. The summed E-state index contributed by atoms with van der Waals surface area (Å²) in [5.74, 6) is 0.678. The fraction of sp³-hybridized carbons (Fsp3) is 0.130. The quantitative estimate of drug-likeness (QED) is 0.276. The molecule has 0 bridgehead atoms. The van der Waals surface area contributed by atoms with Gasteiger partial charge in [-0.05, 0) is 54.4 Å². The van der Waals surface area contributed by atoms with Crippen LogP contribution >= 0.6 is 11.8 Å². The Bertz CT molecular complexity index is 1300. The molecule has 7 heteroatoms. The van der Waals surface area contributed by atoms with Crippen molar-refractivity contribution >= 4 is 28.6 Å². The SMILES string of the molecule is COC(=O)c1cccc(CSc2nc3ccccc3c(=O)n2-c2cc(C)ccn2)c1. The van der Waals surface area contributed by atoms with Crippen molar-refractivity contribution in [2.45, 2.75) is 17.8 Å². The van der Waals surface area contributed by atoms with Crippen LogP contribution in [0.5, 0.6) is 0 Å². The zero-order chi connectivity index (χ0) is 21.1. The highest BCUT2D eigenvalue weighted by Crippen LogP contribution is 2.25. The number of para-hydroxylation sites is 1. The number of carbonyl (C=O) groups is 1. The predicted molar refractivity (Wildman–Crippen MR) is 117 cm³/mol. The van der Waals surface area contributed by atoms with Crippen molar-refractivity contribution < 1.29 is 9.53 Å². The number of nitrogens with zero attached hydrogens (tertiary/aromatic N) is 3. The van der Waals surface area contributed by atoms with Gasteiger partial charge >= 0.3 is 5.97 Å². The minimum absolute atomic E-state index is 0.162. The summed E-state index contributed by atoms with van der Waals surface area (Å²) in [5.41, 5.74) is 2.89. The number of aryl methyl sites for hydroxylation is 1. The minimum Gasteiger partial charge on any atom is -0.465 e. The first-order valence-electron chi connectivity index (χ1n) is 9.31.